The van der Waals surface area contributed by atoms with E-state index in [9.17, 15) is 13.2 Å². The summed E-state index contributed by atoms with van der Waals surface area (Å²) in [6.07, 6.45) is 5.05. The van der Waals surface area contributed by atoms with E-state index in [-0.39, 0.29) is 10.8 Å². The fraction of sp³-hybridized carbons (Fsp3) is 0.250. The monoisotopic (exact) mass is 404 g/mol. The van der Waals surface area contributed by atoms with Crippen molar-refractivity contribution >= 4 is 39.5 Å². The van der Waals surface area contributed by atoms with Gasteiger partial charge in [0.05, 0.1) is 10.6 Å². The van der Waals surface area contributed by atoms with E-state index in [4.69, 9.17) is 0 Å². The molecular weight excluding hydrogens is 380 g/mol. The van der Waals surface area contributed by atoms with Gasteiger partial charge in [-0.1, -0.05) is 38.1 Å². The highest BCUT2D eigenvalue weighted by Gasteiger charge is 2.20. The first-order valence-electron chi connectivity index (χ1n) is 8.64. The summed E-state index contributed by atoms with van der Waals surface area (Å²) in [7, 11) is -3.47. The molecule has 2 aromatic carbocycles. The predicted molar refractivity (Wildman–Crippen MR) is 112 cm³/mol. The molecule has 0 unspecified atom stereocenters. The number of carbonyl (C=O) groups is 1. The first-order chi connectivity index (χ1) is 12.9. The topological polar surface area (TPSA) is 66.5 Å². The Hall–Kier alpha value is -2.09. The van der Waals surface area contributed by atoms with Crippen LogP contribution < -0.4 is 5.32 Å². The van der Waals surface area contributed by atoms with Gasteiger partial charge in [0.15, 0.2) is 0 Å². The molecule has 0 atom stereocenters. The van der Waals surface area contributed by atoms with Gasteiger partial charge in [0.1, 0.15) is 0 Å². The molecule has 0 fully saturated rings. The molecule has 0 spiro atoms. The van der Waals surface area contributed by atoms with Crippen molar-refractivity contribution in [1.82, 2.24) is 4.31 Å². The van der Waals surface area contributed by atoms with Crippen LogP contribution in [-0.2, 0) is 14.8 Å². The molecule has 0 saturated heterocycles. The van der Waals surface area contributed by atoms with Crippen LogP contribution in [0.4, 0.5) is 5.69 Å². The molecule has 2 aromatic rings. The second-order valence-corrected chi connectivity index (χ2v) is 8.47. The molecule has 0 radical (unpaired) electrons. The van der Waals surface area contributed by atoms with Crippen molar-refractivity contribution in [3.8, 4) is 0 Å². The highest BCUT2D eigenvalue weighted by molar-refractivity contribution is 7.98. The Morgan fingerprint density at radius 1 is 1.07 bits per heavy atom. The summed E-state index contributed by atoms with van der Waals surface area (Å²) >= 11 is 1.56. The van der Waals surface area contributed by atoms with Crippen molar-refractivity contribution in [1.29, 1.82) is 0 Å². The normalized spacial score (nSPS) is 11.9. The first kappa shape index (κ1) is 21.2. The maximum Gasteiger partial charge on any atom is 0.248 e. The van der Waals surface area contributed by atoms with Crippen molar-refractivity contribution in [3.05, 3.63) is 60.2 Å². The molecule has 0 aromatic heterocycles. The number of hydrogen-bond donors (Lipinski definition) is 1. The maximum absolute atomic E-state index is 12.5. The Kier molecular flexibility index (Phi) is 7.65. The Morgan fingerprint density at radius 2 is 1.70 bits per heavy atom. The summed E-state index contributed by atoms with van der Waals surface area (Å²) in [6.45, 7) is 4.48. The number of anilines is 1. The van der Waals surface area contributed by atoms with Gasteiger partial charge in [-0.2, -0.15) is 4.31 Å². The number of amides is 1. The van der Waals surface area contributed by atoms with Crippen LogP contribution >= 0.6 is 11.8 Å². The molecule has 27 heavy (non-hydrogen) atoms. The molecule has 144 valence electrons. The number of hydrogen-bond acceptors (Lipinski definition) is 4. The Balaban J connectivity index is 2.08. The maximum atomic E-state index is 12.5. The largest absolute Gasteiger partial charge is 0.321 e. The quantitative estimate of drug-likeness (QED) is 0.532. The third-order valence-electron chi connectivity index (χ3n) is 4.02. The van der Waals surface area contributed by atoms with Gasteiger partial charge in [-0.15, -0.1) is 11.8 Å². The standard InChI is InChI=1S/C20H24N2O3S2/c1-4-22(5-2)27(24,25)17-13-10-16(11-14-17)12-15-20(23)21-18-8-6-7-9-19(18)26-3/h6-15H,4-5H2,1-3H3,(H,21,23). The van der Waals surface area contributed by atoms with E-state index in [1.54, 1.807) is 42.1 Å². The molecule has 0 bridgehead atoms. The SMILES string of the molecule is CCN(CC)S(=O)(=O)c1ccc(C=CC(=O)Nc2ccccc2SC)cc1. The summed E-state index contributed by atoms with van der Waals surface area (Å²) in [5.74, 6) is -0.240. The minimum atomic E-state index is -3.47. The molecular formula is C20H24N2O3S2. The van der Waals surface area contributed by atoms with Crippen LogP contribution in [0.25, 0.3) is 6.08 Å². The molecule has 0 saturated carbocycles. The van der Waals surface area contributed by atoms with Crippen LogP contribution in [0, 0.1) is 0 Å². The second kappa shape index (κ2) is 9.73. The van der Waals surface area contributed by atoms with Crippen molar-refractivity contribution in [2.24, 2.45) is 0 Å². The van der Waals surface area contributed by atoms with E-state index in [1.807, 2.05) is 44.4 Å². The Bertz CT molecular complexity index is 903. The number of thioether (sulfide) groups is 1. The van der Waals surface area contributed by atoms with Crippen LogP contribution in [0.3, 0.4) is 0 Å². The zero-order valence-electron chi connectivity index (χ0n) is 15.7. The third kappa shape index (κ3) is 5.45. The Labute approximate surface area is 165 Å². The summed E-state index contributed by atoms with van der Waals surface area (Å²) < 4.78 is 26.4. The van der Waals surface area contributed by atoms with Crippen LogP contribution in [0.1, 0.15) is 19.4 Å². The molecule has 0 aliphatic carbocycles. The van der Waals surface area contributed by atoms with E-state index in [1.165, 1.54) is 10.4 Å². The number of carbonyl (C=O) groups excluding carboxylic acids is 1. The summed E-state index contributed by atoms with van der Waals surface area (Å²) in [5.41, 5.74) is 1.52. The van der Waals surface area contributed by atoms with E-state index < -0.39 is 10.0 Å². The molecule has 2 rings (SSSR count). The van der Waals surface area contributed by atoms with Crippen LogP contribution in [0.15, 0.2) is 64.4 Å². The lowest BCUT2D eigenvalue weighted by molar-refractivity contribution is -0.111. The van der Waals surface area contributed by atoms with Crippen LogP contribution in [-0.4, -0.2) is 38.0 Å². The summed E-state index contributed by atoms with van der Waals surface area (Å²) in [4.78, 5) is 13.4. The number of nitrogens with zero attached hydrogens (tertiary/aromatic N) is 1. The number of benzene rings is 2. The van der Waals surface area contributed by atoms with Crippen molar-refractivity contribution < 1.29 is 13.2 Å². The fourth-order valence-electron chi connectivity index (χ4n) is 2.56. The smallest absolute Gasteiger partial charge is 0.248 e. The number of rotatable bonds is 8. The average molecular weight is 405 g/mol. The lowest BCUT2D eigenvalue weighted by Gasteiger charge is -2.18. The Morgan fingerprint density at radius 3 is 2.30 bits per heavy atom. The summed E-state index contributed by atoms with van der Waals surface area (Å²) in [6, 6.07) is 14.1. The third-order valence-corrected chi connectivity index (χ3v) is 6.88. The number of sulfonamides is 1. The number of para-hydroxylation sites is 1. The van der Waals surface area contributed by atoms with E-state index in [0.29, 0.717) is 13.1 Å². The first-order valence-corrected chi connectivity index (χ1v) is 11.3. The second-order valence-electron chi connectivity index (χ2n) is 5.68. The van der Waals surface area contributed by atoms with Gasteiger partial charge in [-0.25, -0.2) is 8.42 Å². The minimum Gasteiger partial charge on any atom is -0.321 e. The zero-order chi connectivity index (χ0) is 19.9. The molecule has 1 amide bonds. The van der Waals surface area contributed by atoms with Gasteiger partial charge >= 0.3 is 0 Å². The molecule has 5 nitrogen and oxygen atoms in total. The van der Waals surface area contributed by atoms with Crippen molar-refractivity contribution in [2.75, 3.05) is 24.7 Å². The average Bonchev–Trinajstić information content (AvgIpc) is 2.68. The predicted octanol–water partition coefficient (Wildman–Crippen LogP) is 4.09. The van der Waals surface area contributed by atoms with Crippen LogP contribution in [0.2, 0.25) is 0 Å². The van der Waals surface area contributed by atoms with Crippen molar-refractivity contribution in [2.45, 2.75) is 23.6 Å². The molecule has 0 heterocycles. The highest BCUT2D eigenvalue weighted by atomic mass is 32.2. The highest BCUT2D eigenvalue weighted by Crippen LogP contribution is 2.24. The fourth-order valence-corrected chi connectivity index (χ4v) is 4.57. The van der Waals surface area contributed by atoms with Gasteiger partial charge in [-0.05, 0) is 42.2 Å². The van der Waals surface area contributed by atoms with Gasteiger partial charge in [0, 0.05) is 24.1 Å². The van der Waals surface area contributed by atoms with Crippen molar-refractivity contribution in [3.63, 3.8) is 0 Å². The van der Waals surface area contributed by atoms with E-state index >= 15 is 0 Å². The summed E-state index contributed by atoms with van der Waals surface area (Å²) in [5, 5.41) is 2.85. The molecule has 7 heteroatoms. The minimum absolute atomic E-state index is 0.240. The molecule has 1 N–H and O–H groups in total. The molecule has 0 aliphatic heterocycles. The van der Waals surface area contributed by atoms with E-state index in [2.05, 4.69) is 5.32 Å². The van der Waals surface area contributed by atoms with Gasteiger partial charge < -0.3 is 5.32 Å². The van der Waals surface area contributed by atoms with Gasteiger partial charge in [0.2, 0.25) is 15.9 Å². The van der Waals surface area contributed by atoms with Crippen LogP contribution in [0.5, 0.6) is 0 Å². The zero-order valence-corrected chi connectivity index (χ0v) is 17.3. The lowest BCUT2D eigenvalue weighted by atomic mass is 10.2. The van der Waals surface area contributed by atoms with Gasteiger partial charge in [-0.3, -0.25) is 4.79 Å². The van der Waals surface area contributed by atoms with E-state index in [0.717, 1.165) is 16.1 Å². The molecule has 0 aliphatic rings. The lowest BCUT2D eigenvalue weighted by Crippen LogP contribution is -2.30. The number of nitrogens with one attached hydrogen (secondary N) is 1. The van der Waals surface area contributed by atoms with Gasteiger partial charge in [0.25, 0.3) is 0 Å².